The number of carbonyl (C=O) groups excluding carboxylic acids is 2. The van der Waals surface area contributed by atoms with Gasteiger partial charge in [0.05, 0.1) is 24.2 Å². The van der Waals surface area contributed by atoms with E-state index in [4.69, 9.17) is 5.73 Å². The van der Waals surface area contributed by atoms with Gasteiger partial charge in [-0.2, -0.15) is 5.10 Å². The van der Waals surface area contributed by atoms with E-state index in [0.29, 0.717) is 6.54 Å². The summed E-state index contributed by atoms with van der Waals surface area (Å²) in [5.74, 6) is -0.364. The molecule has 29 heavy (non-hydrogen) atoms. The van der Waals surface area contributed by atoms with Crippen LogP contribution in [0.2, 0.25) is 0 Å². The van der Waals surface area contributed by atoms with E-state index in [1.54, 1.807) is 4.68 Å². The molecule has 0 saturated carbocycles. The molecule has 7 heteroatoms. The number of nitrogens with two attached hydrogens (primary N) is 1. The summed E-state index contributed by atoms with van der Waals surface area (Å²) in [4.78, 5) is 25.8. The smallest absolute Gasteiger partial charge is 0.238 e. The number of rotatable bonds is 6. The molecule has 1 fully saturated rings. The maximum absolute atomic E-state index is 12.3. The minimum atomic E-state index is -0.378. The summed E-state index contributed by atoms with van der Waals surface area (Å²) in [6.07, 6.45) is 5.68. The van der Waals surface area contributed by atoms with E-state index in [2.05, 4.69) is 15.3 Å². The first-order chi connectivity index (χ1) is 14.1. The molecule has 7 nitrogen and oxygen atoms in total. The number of hydrogen-bond donors (Lipinski definition) is 2. The maximum atomic E-state index is 12.3. The monoisotopic (exact) mass is 391 g/mol. The van der Waals surface area contributed by atoms with E-state index >= 15 is 0 Å². The standard InChI is InChI=1S/C22H25N5O2/c23-20(28)13-16-5-4-6-17-14-27(25-22(16)17)19-9-7-18(8-10-19)24-21(29)15-26-11-2-1-3-12-26/h4-10,14H,1-3,11-13,15H2,(H2,23,28)(H,24,29). The molecule has 3 N–H and O–H groups in total. The molecular formula is C22H25N5O2. The third-order valence-electron chi connectivity index (χ3n) is 5.22. The van der Waals surface area contributed by atoms with Crippen LogP contribution in [-0.4, -0.2) is 46.1 Å². The summed E-state index contributed by atoms with van der Waals surface area (Å²) in [6, 6.07) is 13.3. The molecule has 0 unspecified atom stereocenters. The van der Waals surface area contributed by atoms with Crippen molar-refractivity contribution < 1.29 is 9.59 Å². The lowest BCUT2D eigenvalue weighted by Crippen LogP contribution is -2.36. The van der Waals surface area contributed by atoms with Gasteiger partial charge in [0.15, 0.2) is 0 Å². The van der Waals surface area contributed by atoms with Crippen molar-refractivity contribution in [3.05, 3.63) is 54.2 Å². The van der Waals surface area contributed by atoms with Crippen molar-refractivity contribution in [1.82, 2.24) is 14.7 Å². The third-order valence-corrected chi connectivity index (χ3v) is 5.22. The number of primary amides is 1. The number of nitrogens with one attached hydrogen (secondary N) is 1. The number of aromatic nitrogens is 2. The zero-order valence-corrected chi connectivity index (χ0v) is 16.3. The van der Waals surface area contributed by atoms with Crippen molar-refractivity contribution in [3.8, 4) is 5.69 Å². The van der Waals surface area contributed by atoms with Crippen LogP contribution in [0, 0.1) is 0 Å². The van der Waals surface area contributed by atoms with Crippen LogP contribution >= 0.6 is 0 Å². The Morgan fingerprint density at radius 2 is 1.79 bits per heavy atom. The van der Waals surface area contributed by atoms with Crippen LogP contribution in [0.15, 0.2) is 48.7 Å². The first-order valence-electron chi connectivity index (χ1n) is 9.97. The number of amides is 2. The highest BCUT2D eigenvalue weighted by atomic mass is 16.2. The number of benzene rings is 2. The Kier molecular flexibility index (Phi) is 5.57. The molecule has 0 atom stereocenters. The summed E-state index contributed by atoms with van der Waals surface area (Å²) < 4.78 is 1.77. The number of anilines is 1. The molecule has 1 aromatic heterocycles. The van der Waals surface area contributed by atoms with Gasteiger partial charge >= 0.3 is 0 Å². The second-order valence-corrected chi connectivity index (χ2v) is 7.50. The number of hydrogen-bond acceptors (Lipinski definition) is 4. The largest absolute Gasteiger partial charge is 0.369 e. The molecule has 0 bridgehead atoms. The highest BCUT2D eigenvalue weighted by molar-refractivity contribution is 5.92. The van der Waals surface area contributed by atoms with Gasteiger partial charge in [-0.25, -0.2) is 4.68 Å². The normalized spacial score (nSPS) is 14.8. The predicted octanol–water partition coefficient (Wildman–Crippen LogP) is 2.48. The zero-order chi connectivity index (χ0) is 20.2. The number of carbonyl (C=O) groups is 2. The van der Waals surface area contributed by atoms with Gasteiger partial charge < -0.3 is 11.1 Å². The van der Waals surface area contributed by atoms with Crippen LogP contribution in [0.25, 0.3) is 16.6 Å². The number of likely N-dealkylation sites (tertiary alicyclic amines) is 1. The Morgan fingerprint density at radius 1 is 1.03 bits per heavy atom. The lowest BCUT2D eigenvalue weighted by atomic mass is 10.1. The minimum Gasteiger partial charge on any atom is -0.369 e. The van der Waals surface area contributed by atoms with Crippen molar-refractivity contribution in [2.75, 3.05) is 25.0 Å². The average Bonchev–Trinajstić information content (AvgIpc) is 3.14. The van der Waals surface area contributed by atoms with E-state index < -0.39 is 0 Å². The summed E-state index contributed by atoms with van der Waals surface area (Å²) >= 11 is 0. The van der Waals surface area contributed by atoms with Crippen LogP contribution in [0.3, 0.4) is 0 Å². The van der Waals surface area contributed by atoms with Crippen molar-refractivity contribution in [3.63, 3.8) is 0 Å². The fourth-order valence-corrected chi connectivity index (χ4v) is 3.79. The molecule has 0 aliphatic carbocycles. The van der Waals surface area contributed by atoms with Gasteiger partial charge in [-0.1, -0.05) is 24.6 Å². The summed E-state index contributed by atoms with van der Waals surface area (Å²) in [7, 11) is 0. The lowest BCUT2D eigenvalue weighted by Gasteiger charge is -2.25. The highest BCUT2D eigenvalue weighted by Crippen LogP contribution is 2.21. The molecule has 2 heterocycles. The molecule has 1 aliphatic rings. The van der Waals surface area contributed by atoms with Gasteiger partial charge in [0.25, 0.3) is 0 Å². The zero-order valence-electron chi connectivity index (χ0n) is 16.3. The van der Waals surface area contributed by atoms with E-state index in [0.717, 1.165) is 40.9 Å². The molecule has 2 aromatic carbocycles. The molecular weight excluding hydrogens is 366 g/mol. The summed E-state index contributed by atoms with van der Waals surface area (Å²) in [5, 5.41) is 8.53. The van der Waals surface area contributed by atoms with Crippen LogP contribution in [0.5, 0.6) is 0 Å². The Balaban J connectivity index is 1.46. The van der Waals surface area contributed by atoms with Crippen LogP contribution < -0.4 is 11.1 Å². The summed E-state index contributed by atoms with van der Waals surface area (Å²) in [6.45, 7) is 2.43. The second-order valence-electron chi connectivity index (χ2n) is 7.50. The first-order valence-corrected chi connectivity index (χ1v) is 9.97. The molecule has 2 amide bonds. The number of nitrogens with zero attached hydrogens (tertiary/aromatic N) is 3. The Labute approximate surface area is 169 Å². The quantitative estimate of drug-likeness (QED) is 0.675. The SMILES string of the molecule is NC(=O)Cc1cccc2cn(-c3ccc(NC(=O)CN4CCCCC4)cc3)nc12. The fourth-order valence-electron chi connectivity index (χ4n) is 3.79. The average molecular weight is 391 g/mol. The minimum absolute atomic E-state index is 0.0144. The second kappa shape index (κ2) is 8.45. The van der Waals surface area contributed by atoms with Gasteiger partial charge in [0.2, 0.25) is 11.8 Å². The topological polar surface area (TPSA) is 93.2 Å². The van der Waals surface area contributed by atoms with Crippen molar-refractivity contribution in [2.24, 2.45) is 5.73 Å². The van der Waals surface area contributed by atoms with Crippen LogP contribution in [-0.2, 0) is 16.0 Å². The van der Waals surface area contributed by atoms with Crippen molar-refractivity contribution in [1.29, 1.82) is 0 Å². The fraction of sp³-hybridized carbons (Fsp3) is 0.318. The Hall–Kier alpha value is -3.19. The Morgan fingerprint density at radius 3 is 2.52 bits per heavy atom. The number of piperidine rings is 1. The molecule has 1 aliphatic heterocycles. The van der Waals surface area contributed by atoms with Crippen molar-refractivity contribution in [2.45, 2.75) is 25.7 Å². The van der Waals surface area contributed by atoms with Crippen molar-refractivity contribution >= 4 is 28.4 Å². The molecule has 0 radical (unpaired) electrons. The lowest BCUT2D eigenvalue weighted by molar-refractivity contribution is -0.118. The summed E-state index contributed by atoms with van der Waals surface area (Å²) in [5.41, 5.74) is 8.56. The van der Waals surface area contributed by atoms with E-state index in [1.165, 1.54) is 19.3 Å². The van der Waals surface area contributed by atoms with Gasteiger partial charge in [-0.3, -0.25) is 14.5 Å². The van der Waals surface area contributed by atoms with Gasteiger partial charge in [0.1, 0.15) is 0 Å². The first kappa shape index (κ1) is 19.1. The number of fused-ring (bicyclic) bond motifs is 1. The predicted molar refractivity (Wildman–Crippen MR) is 113 cm³/mol. The molecule has 0 spiro atoms. The van der Waals surface area contributed by atoms with Crippen LogP contribution in [0.1, 0.15) is 24.8 Å². The molecule has 150 valence electrons. The van der Waals surface area contributed by atoms with Gasteiger partial charge in [-0.15, -0.1) is 0 Å². The van der Waals surface area contributed by atoms with E-state index in [1.807, 2.05) is 48.7 Å². The van der Waals surface area contributed by atoms with Gasteiger partial charge in [0, 0.05) is 17.3 Å². The maximum Gasteiger partial charge on any atom is 0.238 e. The molecule has 4 rings (SSSR count). The molecule has 3 aromatic rings. The van der Waals surface area contributed by atoms with Gasteiger partial charge in [-0.05, 0) is 55.8 Å². The molecule has 1 saturated heterocycles. The van der Waals surface area contributed by atoms with E-state index in [9.17, 15) is 9.59 Å². The van der Waals surface area contributed by atoms with Crippen LogP contribution in [0.4, 0.5) is 5.69 Å². The van der Waals surface area contributed by atoms with E-state index in [-0.39, 0.29) is 18.2 Å². The Bertz CT molecular complexity index is 1020. The highest BCUT2D eigenvalue weighted by Gasteiger charge is 2.14. The third kappa shape index (κ3) is 4.63.